The lowest BCUT2D eigenvalue weighted by Gasteiger charge is -2.11. The highest BCUT2D eigenvalue weighted by molar-refractivity contribution is 6.20. The minimum Gasteiger partial charge on any atom is -1.00 e. The summed E-state index contributed by atoms with van der Waals surface area (Å²) < 4.78 is 1.91. The van der Waals surface area contributed by atoms with Crippen LogP contribution in [0.5, 0.6) is 0 Å². The van der Waals surface area contributed by atoms with Crippen molar-refractivity contribution in [2.75, 3.05) is 6.61 Å². The number of benzene rings is 1. The molecule has 108 valence electrons. The van der Waals surface area contributed by atoms with Gasteiger partial charge in [0.25, 0.3) is 11.8 Å². The van der Waals surface area contributed by atoms with Crippen molar-refractivity contribution < 1.29 is 36.0 Å². The smallest absolute Gasteiger partial charge is 0.285 e. The summed E-state index contributed by atoms with van der Waals surface area (Å²) in [7, 11) is 0. The number of hydrogen-bond acceptors (Lipinski definition) is 3. The minimum absolute atomic E-state index is 0. The number of hydroxylamine groups is 2. The van der Waals surface area contributed by atoms with E-state index >= 15 is 0 Å². The first kappa shape index (κ1) is 15.3. The molecular weight excluding hydrogens is 336 g/mol. The van der Waals surface area contributed by atoms with E-state index in [4.69, 9.17) is 4.84 Å². The van der Waals surface area contributed by atoms with Gasteiger partial charge in [0.1, 0.15) is 6.61 Å². The fourth-order valence-electron chi connectivity index (χ4n) is 2.11. The largest absolute Gasteiger partial charge is 1.00 e. The Morgan fingerprint density at radius 3 is 2.05 bits per heavy atom. The molecule has 1 aliphatic rings. The lowest BCUT2D eigenvalue weighted by molar-refractivity contribution is -0.699. The number of aromatic nitrogens is 1. The Balaban J connectivity index is 0.00000161. The minimum atomic E-state index is -0.399. The Labute approximate surface area is 132 Å². The second-order valence-corrected chi connectivity index (χ2v) is 4.40. The maximum Gasteiger partial charge on any atom is 0.285 e. The van der Waals surface area contributed by atoms with Gasteiger partial charge < -0.3 is 17.0 Å². The van der Waals surface area contributed by atoms with Gasteiger partial charge in [0, 0.05) is 12.1 Å². The molecule has 0 bridgehead atoms. The zero-order valence-electron chi connectivity index (χ0n) is 11.1. The number of pyridine rings is 1. The number of fused-ring (bicyclic) bond motifs is 1. The summed E-state index contributed by atoms with van der Waals surface area (Å²) in [5, 5.41) is 0.841. The van der Waals surface area contributed by atoms with Crippen LogP contribution in [0.4, 0.5) is 0 Å². The summed E-state index contributed by atoms with van der Waals surface area (Å²) in [5.74, 6) is -0.799. The molecule has 0 fully saturated rings. The highest BCUT2D eigenvalue weighted by atomic mass is 79.9. The second-order valence-electron chi connectivity index (χ2n) is 4.40. The third-order valence-electron chi connectivity index (χ3n) is 3.10. The first-order valence-electron chi connectivity index (χ1n) is 6.32. The molecule has 0 saturated carbocycles. The predicted molar refractivity (Wildman–Crippen MR) is 69.5 cm³/mol. The monoisotopic (exact) mass is 348 g/mol. The Hall–Kier alpha value is -2.05. The average Bonchev–Trinajstić information content (AvgIpc) is 2.74. The Kier molecular flexibility index (Phi) is 4.82. The highest BCUT2D eigenvalue weighted by Gasteiger charge is 2.36. The molecule has 2 amide bonds. The van der Waals surface area contributed by atoms with Crippen LogP contribution in [-0.2, 0) is 11.4 Å². The zero-order chi connectivity index (χ0) is 13.9. The third kappa shape index (κ3) is 3.01. The maximum absolute atomic E-state index is 12.0. The molecule has 5 nitrogen and oxygen atoms in total. The molecule has 2 heterocycles. The summed E-state index contributed by atoms with van der Waals surface area (Å²) in [5.41, 5.74) is 0.787. The van der Waals surface area contributed by atoms with E-state index in [1.165, 1.54) is 0 Å². The molecule has 0 spiro atoms. The number of carbonyl (C=O) groups excluding carboxylic acids is 2. The van der Waals surface area contributed by atoms with Crippen molar-refractivity contribution in [1.29, 1.82) is 0 Å². The molecular formula is C15H13BrN2O3. The average molecular weight is 349 g/mol. The van der Waals surface area contributed by atoms with Gasteiger partial charge in [-0.2, -0.15) is 0 Å². The predicted octanol–water partition coefficient (Wildman–Crippen LogP) is -1.79. The fourth-order valence-corrected chi connectivity index (χ4v) is 2.11. The van der Waals surface area contributed by atoms with E-state index in [2.05, 4.69) is 0 Å². The lowest BCUT2D eigenvalue weighted by atomic mass is 10.1. The van der Waals surface area contributed by atoms with Crippen molar-refractivity contribution in [2.45, 2.75) is 6.54 Å². The van der Waals surface area contributed by atoms with Crippen LogP contribution >= 0.6 is 0 Å². The van der Waals surface area contributed by atoms with Crippen molar-refractivity contribution in [3.05, 3.63) is 66.0 Å². The maximum atomic E-state index is 12.0. The van der Waals surface area contributed by atoms with E-state index in [0.29, 0.717) is 17.7 Å². The molecule has 0 radical (unpaired) electrons. The zero-order valence-corrected chi connectivity index (χ0v) is 12.7. The van der Waals surface area contributed by atoms with E-state index in [-0.39, 0.29) is 23.6 Å². The van der Waals surface area contributed by atoms with Gasteiger partial charge in [0.15, 0.2) is 18.9 Å². The van der Waals surface area contributed by atoms with Crippen molar-refractivity contribution >= 4 is 11.8 Å². The molecule has 2 aromatic rings. The van der Waals surface area contributed by atoms with Gasteiger partial charge in [-0.15, -0.1) is 5.06 Å². The molecule has 6 heteroatoms. The molecule has 0 unspecified atom stereocenters. The van der Waals surface area contributed by atoms with E-state index in [1.54, 1.807) is 24.3 Å². The van der Waals surface area contributed by atoms with Crippen LogP contribution in [0, 0.1) is 0 Å². The van der Waals surface area contributed by atoms with E-state index in [9.17, 15) is 9.59 Å². The van der Waals surface area contributed by atoms with Crippen LogP contribution in [0.25, 0.3) is 0 Å². The Morgan fingerprint density at radius 2 is 1.48 bits per heavy atom. The van der Waals surface area contributed by atoms with Gasteiger partial charge in [0.2, 0.25) is 0 Å². The number of halogens is 1. The molecule has 3 rings (SSSR count). The van der Waals surface area contributed by atoms with Crippen molar-refractivity contribution in [3.8, 4) is 0 Å². The standard InChI is InChI=1S/C15H13N2O3.BrH/c18-14-12-6-2-3-7-13(12)15(19)17(14)20-11-10-16-8-4-1-5-9-16;/h1-9H,10-11H2;1H/q+1;/p-1. The van der Waals surface area contributed by atoms with Crippen LogP contribution in [0.2, 0.25) is 0 Å². The SMILES string of the molecule is O=C1c2ccccc2C(=O)N1OCC[n+]1ccccc1.[Br-]. The van der Waals surface area contributed by atoms with Crippen LogP contribution in [0.3, 0.4) is 0 Å². The number of rotatable bonds is 4. The van der Waals surface area contributed by atoms with E-state index < -0.39 is 11.8 Å². The fraction of sp³-hybridized carbons (Fsp3) is 0.133. The van der Waals surface area contributed by atoms with Gasteiger partial charge >= 0.3 is 0 Å². The normalized spacial score (nSPS) is 13.0. The lowest BCUT2D eigenvalue weighted by Crippen LogP contribution is -3.00. The van der Waals surface area contributed by atoms with E-state index in [0.717, 1.165) is 5.06 Å². The van der Waals surface area contributed by atoms with Gasteiger partial charge in [-0.05, 0) is 12.1 Å². The Morgan fingerprint density at radius 1 is 0.905 bits per heavy atom. The molecule has 0 saturated heterocycles. The number of nitrogens with zero attached hydrogens (tertiary/aromatic N) is 2. The van der Waals surface area contributed by atoms with Crippen LogP contribution in [-0.4, -0.2) is 23.5 Å². The summed E-state index contributed by atoms with van der Waals surface area (Å²) in [6, 6.07) is 12.4. The summed E-state index contributed by atoms with van der Waals surface area (Å²) in [6.45, 7) is 0.814. The number of hydrogen-bond donors (Lipinski definition) is 0. The first-order valence-corrected chi connectivity index (χ1v) is 6.32. The molecule has 0 N–H and O–H groups in total. The first-order chi connectivity index (χ1) is 9.77. The van der Waals surface area contributed by atoms with Crippen LogP contribution in [0.1, 0.15) is 20.7 Å². The molecule has 21 heavy (non-hydrogen) atoms. The van der Waals surface area contributed by atoms with Crippen molar-refractivity contribution in [2.24, 2.45) is 0 Å². The number of imide groups is 1. The summed E-state index contributed by atoms with van der Waals surface area (Å²) in [4.78, 5) is 29.4. The molecule has 0 aliphatic carbocycles. The topological polar surface area (TPSA) is 50.5 Å². The van der Waals surface area contributed by atoms with Gasteiger partial charge in [-0.1, -0.05) is 18.2 Å². The molecule has 1 aliphatic heterocycles. The van der Waals surface area contributed by atoms with E-state index in [1.807, 2.05) is 35.2 Å². The van der Waals surface area contributed by atoms with Gasteiger partial charge in [-0.25, -0.2) is 4.57 Å². The van der Waals surface area contributed by atoms with Gasteiger partial charge in [0.05, 0.1) is 11.1 Å². The quantitative estimate of drug-likeness (QED) is 0.484. The van der Waals surface area contributed by atoms with Crippen molar-refractivity contribution in [1.82, 2.24) is 5.06 Å². The molecule has 1 aromatic carbocycles. The summed E-state index contributed by atoms with van der Waals surface area (Å²) >= 11 is 0. The Bertz CT molecular complexity index is 626. The summed E-state index contributed by atoms with van der Waals surface area (Å²) in [6.07, 6.45) is 3.79. The van der Waals surface area contributed by atoms with Crippen LogP contribution in [0.15, 0.2) is 54.9 Å². The third-order valence-corrected chi connectivity index (χ3v) is 3.10. The number of amides is 2. The second kappa shape index (κ2) is 6.60. The van der Waals surface area contributed by atoms with Crippen molar-refractivity contribution in [3.63, 3.8) is 0 Å². The molecule has 0 atom stereocenters. The van der Waals surface area contributed by atoms with Gasteiger partial charge in [-0.3, -0.25) is 14.4 Å². The number of carbonyl (C=O) groups is 2. The van der Waals surface area contributed by atoms with Crippen LogP contribution < -0.4 is 21.5 Å². The highest BCUT2D eigenvalue weighted by Crippen LogP contribution is 2.22. The molecule has 1 aromatic heterocycles.